The summed E-state index contributed by atoms with van der Waals surface area (Å²) in [7, 11) is 3.05. The Morgan fingerprint density at radius 1 is 1.07 bits per heavy atom. The molecule has 0 bridgehead atoms. The van der Waals surface area contributed by atoms with Crippen molar-refractivity contribution in [1.82, 2.24) is 10.2 Å². The number of anilines is 1. The zero-order valence-electron chi connectivity index (χ0n) is 15.6. The maximum absolute atomic E-state index is 12.1. The van der Waals surface area contributed by atoms with E-state index in [4.69, 9.17) is 4.74 Å². The first-order valence-corrected chi connectivity index (χ1v) is 8.42. The summed E-state index contributed by atoms with van der Waals surface area (Å²) in [6.45, 7) is 1.57. The van der Waals surface area contributed by atoms with Crippen molar-refractivity contribution >= 4 is 23.4 Å². The van der Waals surface area contributed by atoms with E-state index in [-0.39, 0.29) is 30.8 Å². The van der Waals surface area contributed by atoms with Crippen molar-refractivity contribution in [3.8, 4) is 5.75 Å². The largest absolute Gasteiger partial charge is 0.497 e. The van der Waals surface area contributed by atoms with Crippen molar-refractivity contribution in [2.45, 2.75) is 6.92 Å². The van der Waals surface area contributed by atoms with Crippen LogP contribution in [0.1, 0.15) is 15.9 Å². The molecule has 2 rings (SSSR count). The number of likely N-dealkylation sites (N-methyl/N-ethyl adjacent to an activating group) is 1. The summed E-state index contributed by atoms with van der Waals surface area (Å²) in [5.41, 5.74) is 2.02. The minimum atomic E-state index is -0.364. The Labute approximate surface area is 158 Å². The van der Waals surface area contributed by atoms with Gasteiger partial charge in [-0.05, 0) is 31.2 Å². The Hall–Kier alpha value is -3.35. The van der Waals surface area contributed by atoms with E-state index >= 15 is 0 Å². The SMILES string of the molecule is COc1cccc(NC(=O)CN(C)C(=O)CNC(=O)c2cccc(C)c2)c1. The molecule has 0 saturated carbocycles. The average molecular weight is 369 g/mol. The Balaban J connectivity index is 1.82. The van der Waals surface area contributed by atoms with E-state index in [9.17, 15) is 14.4 Å². The fourth-order valence-electron chi connectivity index (χ4n) is 2.38. The second-order valence-corrected chi connectivity index (χ2v) is 6.08. The van der Waals surface area contributed by atoms with E-state index in [1.807, 2.05) is 13.0 Å². The number of nitrogens with zero attached hydrogens (tertiary/aromatic N) is 1. The van der Waals surface area contributed by atoms with Gasteiger partial charge in [0, 0.05) is 24.4 Å². The number of rotatable bonds is 7. The highest BCUT2D eigenvalue weighted by atomic mass is 16.5. The monoisotopic (exact) mass is 369 g/mol. The molecule has 0 heterocycles. The summed E-state index contributed by atoms with van der Waals surface area (Å²) >= 11 is 0. The van der Waals surface area contributed by atoms with E-state index in [0.717, 1.165) is 5.56 Å². The number of benzene rings is 2. The van der Waals surface area contributed by atoms with Gasteiger partial charge in [-0.2, -0.15) is 0 Å². The molecule has 142 valence electrons. The van der Waals surface area contributed by atoms with Crippen molar-refractivity contribution in [3.05, 3.63) is 59.7 Å². The molecule has 2 N–H and O–H groups in total. The van der Waals surface area contributed by atoms with Crippen LogP contribution in [-0.4, -0.2) is 49.9 Å². The summed E-state index contributed by atoms with van der Waals surface area (Å²) in [5.74, 6) is -0.418. The molecular weight excluding hydrogens is 346 g/mol. The third-order valence-corrected chi connectivity index (χ3v) is 3.84. The van der Waals surface area contributed by atoms with Crippen LogP contribution in [0.5, 0.6) is 5.75 Å². The summed E-state index contributed by atoms with van der Waals surface area (Å²) in [6.07, 6.45) is 0. The van der Waals surface area contributed by atoms with Gasteiger partial charge in [0.05, 0.1) is 20.2 Å². The molecule has 0 unspecified atom stereocenters. The lowest BCUT2D eigenvalue weighted by molar-refractivity contribution is -0.132. The lowest BCUT2D eigenvalue weighted by atomic mass is 10.1. The zero-order valence-corrected chi connectivity index (χ0v) is 15.6. The molecule has 2 aromatic carbocycles. The van der Waals surface area contributed by atoms with Gasteiger partial charge in [-0.25, -0.2) is 0 Å². The summed E-state index contributed by atoms with van der Waals surface area (Å²) in [5, 5.41) is 5.27. The number of ether oxygens (including phenoxy) is 1. The highest BCUT2D eigenvalue weighted by Gasteiger charge is 2.15. The van der Waals surface area contributed by atoms with Crippen LogP contribution in [0.2, 0.25) is 0 Å². The lowest BCUT2D eigenvalue weighted by Crippen LogP contribution is -2.41. The summed E-state index contributed by atoms with van der Waals surface area (Å²) in [6, 6.07) is 14.0. The molecule has 0 aromatic heterocycles. The van der Waals surface area contributed by atoms with Crippen molar-refractivity contribution in [2.24, 2.45) is 0 Å². The summed E-state index contributed by atoms with van der Waals surface area (Å²) in [4.78, 5) is 37.6. The number of methoxy groups -OCH3 is 1. The number of carbonyl (C=O) groups is 3. The van der Waals surface area contributed by atoms with Crippen molar-refractivity contribution in [1.29, 1.82) is 0 Å². The van der Waals surface area contributed by atoms with E-state index in [1.54, 1.807) is 49.6 Å². The zero-order chi connectivity index (χ0) is 19.8. The number of hydrogen-bond acceptors (Lipinski definition) is 4. The smallest absolute Gasteiger partial charge is 0.251 e. The van der Waals surface area contributed by atoms with Gasteiger partial charge < -0.3 is 20.3 Å². The maximum atomic E-state index is 12.1. The Morgan fingerprint density at radius 3 is 2.52 bits per heavy atom. The number of amides is 3. The van der Waals surface area contributed by atoms with Crippen LogP contribution >= 0.6 is 0 Å². The molecule has 0 spiro atoms. The minimum absolute atomic E-state index is 0.129. The molecule has 0 radical (unpaired) electrons. The molecule has 0 aliphatic carbocycles. The second-order valence-electron chi connectivity index (χ2n) is 6.08. The molecule has 2 aromatic rings. The van der Waals surface area contributed by atoms with Gasteiger partial charge >= 0.3 is 0 Å². The van der Waals surface area contributed by atoms with E-state index < -0.39 is 0 Å². The van der Waals surface area contributed by atoms with Gasteiger partial charge in [-0.1, -0.05) is 23.8 Å². The van der Waals surface area contributed by atoms with Crippen LogP contribution in [-0.2, 0) is 9.59 Å². The first-order chi connectivity index (χ1) is 12.9. The third-order valence-electron chi connectivity index (χ3n) is 3.84. The molecule has 3 amide bonds. The van der Waals surface area contributed by atoms with Crippen LogP contribution in [0.3, 0.4) is 0 Å². The van der Waals surface area contributed by atoms with Crippen molar-refractivity contribution in [3.63, 3.8) is 0 Å². The Morgan fingerprint density at radius 2 is 1.81 bits per heavy atom. The maximum Gasteiger partial charge on any atom is 0.251 e. The van der Waals surface area contributed by atoms with Crippen molar-refractivity contribution < 1.29 is 19.1 Å². The van der Waals surface area contributed by atoms with Crippen molar-refractivity contribution in [2.75, 3.05) is 32.6 Å². The number of nitrogens with one attached hydrogen (secondary N) is 2. The molecule has 0 saturated heterocycles. The van der Waals surface area contributed by atoms with Crippen LogP contribution in [0, 0.1) is 6.92 Å². The fraction of sp³-hybridized carbons (Fsp3) is 0.250. The van der Waals surface area contributed by atoms with Gasteiger partial charge in [0.15, 0.2) is 0 Å². The average Bonchev–Trinajstić information content (AvgIpc) is 2.65. The lowest BCUT2D eigenvalue weighted by Gasteiger charge is -2.17. The first kappa shape index (κ1) is 20.0. The minimum Gasteiger partial charge on any atom is -0.497 e. The molecule has 7 nitrogen and oxygen atoms in total. The second kappa shape index (κ2) is 9.38. The highest BCUT2D eigenvalue weighted by Crippen LogP contribution is 2.16. The van der Waals surface area contributed by atoms with Crippen LogP contribution in [0.15, 0.2) is 48.5 Å². The molecule has 27 heavy (non-hydrogen) atoms. The van der Waals surface area contributed by atoms with Gasteiger partial charge in [0.2, 0.25) is 11.8 Å². The van der Waals surface area contributed by atoms with Crippen LogP contribution in [0.4, 0.5) is 5.69 Å². The first-order valence-electron chi connectivity index (χ1n) is 8.42. The van der Waals surface area contributed by atoms with Gasteiger partial charge in [0.25, 0.3) is 5.91 Å². The Bertz CT molecular complexity index is 835. The molecular formula is C20H23N3O4. The van der Waals surface area contributed by atoms with E-state index in [2.05, 4.69) is 10.6 Å². The van der Waals surface area contributed by atoms with Crippen LogP contribution in [0.25, 0.3) is 0 Å². The quantitative estimate of drug-likeness (QED) is 0.779. The van der Waals surface area contributed by atoms with Gasteiger partial charge in [-0.15, -0.1) is 0 Å². The molecule has 0 aliphatic heterocycles. The topological polar surface area (TPSA) is 87.7 Å². The normalized spacial score (nSPS) is 10.0. The van der Waals surface area contributed by atoms with Gasteiger partial charge in [0.1, 0.15) is 5.75 Å². The van der Waals surface area contributed by atoms with E-state index in [0.29, 0.717) is 17.0 Å². The predicted octanol–water partition coefficient (Wildman–Crippen LogP) is 1.83. The number of hydrogen-bond donors (Lipinski definition) is 2. The standard InChI is InChI=1S/C20H23N3O4/c1-14-6-4-7-15(10-14)20(26)21-12-19(25)23(2)13-18(24)22-16-8-5-9-17(11-16)27-3/h4-11H,12-13H2,1-3H3,(H,21,26)(H,22,24). The third kappa shape index (κ3) is 6.14. The number of aryl methyl sites for hydroxylation is 1. The van der Waals surface area contributed by atoms with Crippen LogP contribution < -0.4 is 15.4 Å². The molecule has 0 atom stereocenters. The fourth-order valence-corrected chi connectivity index (χ4v) is 2.38. The van der Waals surface area contributed by atoms with E-state index in [1.165, 1.54) is 11.9 Å². The molecule has 7 heteroatoms. The van der Waals surface area contributed by atoms with Gasteiger partial charge in [-0.3, -0.25) is 14.4 Å². The highest BCUT2D eigenvalue weighted by molar-refractivity contribution is 5.98. The molecule has 0 fully saturated rings. The molecule has 0 aliphatic rings. The predicted molar refractivity (Wildman–Crippen MR) is 103 cm³/mol. The number of carbonyl (C=O) groups excluding carboxylic acids is 3. The summed E-state index contributed by atoms with van der Waals surface area (Å²) < 4.78 is 5.10. The Kier molecular flexibility index (Phi) is 6.93.